The summed E-state index contributed by atoms with van der Waals surface area (Å²) in [5.41, 5.74) is 1.43. The van der Waals surface area contributed by atoms with E-state index < -0.39 is 0 Å². The van der Waals surface area contributed by atoms with Crippen molar-refractivity contribution in [1.82, 2.24) is 20.3 Å². The molecule has 7 heteroatoms. The van der Waals surface area contributed by atoms with Crippen LogP contribution in [0.15, 0.2) is 48.1 Å². The van der Waals surface area contributed by atoms with Crippen molar-refractivity contribution in [2.24, 2.45) is 0 Å². The van der Waals surface area contributed by atoms with Crippen LogP contribution in [0.5, 0.6) is 5.75 Å². The Morgan fingerprint density at radius 2 is 2.00 bits per heavy atom. The topological polar surface area (TPSA) is 77.0 Å². The van der Waals surface area contributed by atoms with Gasteiger partial charge in [-0.2, -0.15) is 0 Å². The Labute approximate surface area is 143 Å². The van der Waals surface area contributed by atoms with E-state index in [0.717, 1.165) is 11.3 Å². The van der Waals surface area contributed by atoms with Gasteiger partial charge in [0.2, 0.25) is 0 Å². The first-order valence-electron chi connectivity index (χ1n) is 7.43. The number of carbonyl (C=O) groups is 1. The molecule has 0 radical (unpaired) electrons. The number of ether oxygens (including phenoxy) is 1. The highest BCUT2D eigenvalue weighted by molar-refractivity contribution is 7.13. The van der Waals surface area contributed by atoms with Crippen LogP contribution in [0.25, 0.3) is 10.8 Å². The second-order valence-corrected chi connectivity index (χ2v) is 5.84. The standard InChI is InChI=1S/C17H16N4O2S/c1-12-5-2-3-6-14(12)23-10-9-20-16(22)13-11-24-17(21-13)15-18-7-4-8-19-15/h2-8,11H,9-10H2,1H3,(H,20,22). The summed E-state index contributed by atoms with van der Waals surface area (Å²) in [5.74, 6) is 1.11. The van der Waals surface area contributed by atoms with Gasteiger partial charge >= 0.3 is 0 Å². The Bertz CT molecular complexity index is 820. The van der Waals surface area contributed by atoms with Gasteiger partial charge in [0.15, 0.2) is 10.8 Å². The van der Waals surface area contributed by atoms with Crippen LogP contribution in [-0.4, -0.2) is 34.0 Å². The first kappa shape index (κ1) is 16.1. The van der Waals surface area contributed by atoms with Crippen molar-refractivity contribution in [1.29, 1.82) is 0 Å². The minimum Gasteiger partial charge on any atom is -0.491 e. The van der Waals surface area contributed by atoms with E-state index in [1.165, 1.54) is 11.3 Å². The lowest BCUT2D eigenvalue weighted by molar-refractivity contribution is 0.0943. The third-order valence-corrected chi connectivity index (χ3v) is 4.07. The predicted octanol–water partition coefficient (Wildman–Crippen LogP) is 2.72. The Hall–Kier alpha value is -2.80. The maximum Gasteiger partial charge on any atom is 0.270 e. The molecule has 0 fully saturated rings. The molecule has 0 aliphatic carbocycles. The average Bonchev–Trinajstić information content (AvgIpc) is 3.11. The van der Waals surface area contributed by atoms with E-state index in [-0.39, 0.29) is 5.91 Å². The number of aryl methyl sites for hydroxylation is 1. The van der Waals surface area contributed by atoms with Gasteiger partial charge in [-0.05, 0) is 24.6 Å². The second-order valence-electron chi connectivity index (χ2n) is 4.98. The smallest absolute Gasteiger partial charge is 0.270 e. The Morgan fingerprint density at radius 3 is 2.79 bits per heavy atom. The quantitative estimate of drug-likeness (QED) is 0.698. The van der Waals surface area contributed by atoms with Gasteiger partial charge in [-0.3, -0.25) is 4.79 Å². The zero-order valence-electron chi connectivity index (χ0n) is 13.1. The van der Waals surface area contributed by atoms with Crippen LogP contribution in [0.1, 0.15) is 16.1 Å². The van der Waals surface area contributed by atoms with Crippen molar-refractivity contribution >= 4 is 17.2 Å². The van der Waals surface area contributed by atoms with Gasteiger partial charge in [-0.1, -0.05) is 18.2 Å². The number of nitrogens with zero attached hydrogens (tertiary/aromatic N) is 3. The van der Waals surface area contributed by atoms with Crippen molar-refractivity contribution < 1.29 is 9.53 Å². The lowest BCUT2D eigenvalue weighted by Crippen LogP contribution is -2.28. The monoisotopic (exact) mass is 340 g/mol. The van der Waals surface area contributed by atoms with Gasteiger partial charge in [0.05, 0.1) is 6.54 Å². The van der Waals surface area contributed by atoms with E-state index in [4.69, 9.17) is 4.74 Å². The number of aromatic nitrogens is 3. The molecule has 1 amide bonds. The number of rotatable bonds is 6. The van der Waals surface area contributed by atoms with Crippen LogP contribution in [0, 0.1) is 6.92 Å². The fraction of sp³-hybridized carbons (Fsp3) is 0.176. The number of benzene rings is 1. The van der Waals surface area contributed by atoms with E-state index in [0.29, 0.717) is 29.7 Å². The molecule has 2 heterocycles. The van der Waals surface area contributed by atoms with E-state index in [2.05, 4.69) is 20.3 Å². The zero-order valence-corrected chi connectivity index (χ0v) is 13.9. The second kappa shape index (κ2) is 7.65. The molecule has 0 saturated carbocycles. The fourth-order valence-electron chi connectivity index (χ4n) is 2.02. The van der Waals surface area contributed by atoms with Gasteiger partial charge in [-0.15, -0.1) is 11.3 Å². The van der Waals surface area contributed by atoms with Gasteiger partial charge in [0.1, 0.15) is 18.1 Å². The number of para-hydroxylation sites is 1. The number of thiazole rings is 1. The molecule has 0 saturated heterocycles. The summed E-state index contributed by atoms with van der Waals surface area (Å²) in [6, 6.07) is 9.50. The summed E-state index contributed by atoms with van der Waals surface area (Å²) >= 11 is 1.34. The number of hydrogen-bond donors (Lipinski definition) is 1. The van der Waals surface area contributed by atoms with Gasteiger partial charge < -0.3 is 10.1 Å². The van der Waals surface area contributed by atoms with Crippen LogP contribution in [0.2, 0.25) is 0 Å². The average molecular weight is 340 g/mol. The molecular formula is C17H16N4O2S. The highest BCUT2D eigenvalue weighted by Gasteiger charge is 2.12. The van der Waals surface area contributed by atoms with Gasteiger partial charge in [0.25, 0.3) is 5.91 Å². The molecule has 1 N–H and O–H groups in total. The Balaban J connectivity index is 1.51. The third kappa shape index (κ3) is 3.94. The normalized spacial score (nSPS) is 10.4. The summed E-state index contributed by atoms with van der Waals surface area (Å²) < 4.78 is 5.65. The molecular weight excluding hydrogens is 324 g/mol. The summed E-state index contributed by atoms with van der Waals surface area (Å²) in [7, 11) is 0. The molecule has 0 aliphatic rings. The summed E-state index contributed by atoms with van der Waals surface area (Å²) in [5, 5.41) is 5.11. The molecule has 0 aliphatic heterocycles. The molecule has 3 rings (SSSR count). The summed E-state index contributed by atoms with van der Waals surface area (Å²) in [4.78, 5) is 24.6. The third-order valence-electron chi connectivity index (χ3n) is 3.23. The van der Waals surface area contributed by atoms with Crippen molar-refractivity contribution in [3.05, 3.63) is 59.4 Å². The van der Waals surface area contributed by atoms with Crippen LogP contribution in [0.4, 0.5) is 0 Å². The van der Waals surface area contributed by atoms with Gasteiger partial charge in [-0.25, -0.2) is 15.0 Å². The van der Waals surface area contributed by atoms with E-state index in [9.17, 15) is 4.79 Å². The number of carbonyl (C=O) groups excluding carboxylic acids is 1. The molecule has 3 aromatic rings. The largest absolute Gasteiger partial charge is 0.491 e. The molecule has 0 spiro atoms. The molecule has 0 unspecified atom stereocenters. The maximum atomic E-state index is 12.1. The van der Waals surface area contributed by atoms with Crippen LogP contribution >= 0.6 is 11.3 Å². The first-order chi connectivity index (χ1) is 11.7. The van der Waals surface area contributed by atoms with Crippen molar-refractivity contribution in [3.8, 4) is 16.6 Å². The Kier molecular flexibility index (Phi) is 5.12. The maximum absolute atomic E-state index is 12.1. The SMILES string of the molecule is Cc1ccccc1OCCNC(=O)c1csc(-c2ncccn2)n1. The first-order valence-corrected chi connectivity index (χ1v) is 8.31. The van der Waals surface area contributed by atoms with Crippen LogP contribution in [0.3, 0.4) is 0 Å². The van der Waals surface area contributed by atoms with E-state index in [1.54, 1.807) is 23.8 Å². The molecule has 122 valence electrons. The molecule has 1 aromatic carbocycles. The van der Waals surface area contributed by atoms with E-state index >= 15 is 0 Å². The van der Waals surface area contributed by atoms with E-state index in [1.807, 2.05) is 31.2 Å². The highest BCUT2D eigenvalue weighted by atomic mass is 32.1. The van der Waals surface area contributed by atoms with Gasteiger partial charge in [0, 0.05) is 17.8 Å². The van der Waals surface area contributed by atoms with Crippen LogP contribution in [-0.2, 0) is 0 Å². The summed E-state index contributed by atoms with van der Waals surface area (Å²) in [6.07, 6.45) is 3.29. The number of hydrogen-bond acceptors (Lipinski definition) is 6. The minimum atomic E-state index is -0.234. The molecule has 2 aromatic heterocycles. The Morgan fingerprint density at radius 1 is 1.21 bits per heavy atom. The molecule has 24 heavy (non-hydrogen) atoms. The lowest BCUT2D eigenvalue weighted by atomic mass is 10.2. The minimum absolute atomic E-state index is 0.234. The van der Waals surface area contributed by atoms with Crippen molar-refractivity contribution in [3.63, 3.8) is 0 Å². The fourth-order valence-corrected chi connectivity index (χ4v) is 2.77. The molecule has 0 atom stereocenters. The zero-order chi connectivity index (χ0) is 16.8. The number of nitrogens with one attached hydrogen (secondary N) is 1. The van der Waals surface area contributed by atoms with Crippen LogP contribution < -0.4 is 10.1 Å². The van der Waals surface area contributed by atoms with Crippen molar-refractivity contribution in [2.75, 3.05) is 13.2 Å². The highest BCUT2D eigenvalue weighted by Crippen LogP contribution is 2.19. The molecule has 0 bridgehead atoms. The predicted molar refractivity (Wildman–Crippen MR) is 92.1 cm³/mol. The lowest BCUT2D eigenvalue weighted by Gasteiger charge is -2.09. The molecule has 6 nitrogen and oxygen atoms in total. The summed E-state index contributed by atoms with van der Waals surface area (Å²) in [6.45, 7) is 2.79. The van der Waals surface area contributed by atoms with Crippen molar-refractivity contribution in [2.45, 2.75) is 6.92 Å². The number of amides is 1.